The molecule has 0 bridgehead atoms. The largest absolute Gasteiger partial charge is 0.464 e. The van der Waals surface area contributed by atoms with Gasteiger partial charge in [-0.1, -0.05) is 12.1 Å². The third-order valence-electron chi connectivity index (χ3n) is 4.69. The van der Waals surface area contributed by atoms with Gasteiger partial charge in [-0.25, -0.2) is 8.42 Å². The summed E-state index contributed by atoms with van der Waals surface area (Å²) in [6.07, 6.45) is 2.94. The number of nitrogens with one attached hydrogen (secondary N) is 2. The molecule has 0 aliphatic carbocycles. The van der Waals surface area contributed by atoms with E-state index in [0.717, 1.165) is 39.5 Å². The van der Waals surface area contributed by atoms with Gasteiger partial charge in [0, 0.05) is 16.6 Å². The predicted molar refractivity (Wildman–Crippen MR) is 111 cm³/mol. The van der Waals surface area contributed by atoms with Crippen molar-refractivity contribution in [3.63, 3.8) is 0 Å². The fourth-order valence-corrected chi connectivity index (χ4v) is 3.66. The summed E-state index contributed by atoms with van der Waals surface area (Å²) in [5, 5.41) is 3.91. The van der Waals surface area contributed by atoms with Crippen molar-refractivity contribution in [2.45, 2.75) is 33.2 Å². The van der Waals surface area contributed by atoms with E-state index >= 15 is 0 Å². The van der Waals surface area contributed by atoms with Gasteiger partial charge in [0.05, 0.1) is 25.0 Å². The van der Waals surface area contributed by atoms with Gasteiger partial charge in [-0.2, -0.15) is 0 Å². The molecule has 1 atom stereocenters. The van der Waals surface area contributed by atoms with Gasteiger partial charge >= 0.3 is 0 Å². The Bertz CT molecular complexity index is 1130. The zero-order valence-electron chi connectivity index (χ0n) is 16.4. The topological polar surface area (TPSA) is 88.4 Å². The normalized spacial score (nSPS) is 12.7. The molecule has 0 saturated carbocycles. The van der Waals surface area contributed by atoms with E-state index in [9.17, 15) is 13.2 Å². The fourth-order valence-electron chi connectivity index (χ4n) is 3.11. The van der Waals surface area contributed by atoms with E-state index in [1.54, 1.807) is 24.5 Å². The van der Waals surface area contributed by atoms with Crippen molar-refractivity contribution in [3.8, 4) is 0 Å². The molecule has 0 fully saturated rings. The van der Waals surface area contributed by atoms with Crippen LogP contribution < -0.4 is 10.0 Å². The molecule has 2 N–H and O–H groups in total. The summed E-state index contributed by atoms with van der Waals surface area (Å²) in [5.41, 5.74) is 5.19. The summed E-state index contributed by atoms with van der Waals surface area (Å²) >= 11 is 0. The van der Waals surface area contributed by atoms with Crippen LogP contribution in [0.1, 0.15) is 35.2 Å². The maximum atomic E-state index is 12.5. The molecule has 0 saturated heterocycles. The van der Waals surface area contributed by atoms with Gasteiger partial charge in [-0.15, -0.1) is 0 Å². The highest BCUT2D eigenvalue weighted by Gasteiger charge is 2.15. The number of rotatable bonds is 6. The first-order valence-corrected chi connectivity index (χ1v) is 10.9. The number of aryl methyl sites for hydroxylation is 2. The molecular formula is C21H24N2O4S. The molecule has 1 heterocycles. The number of furan rings is 1. The Balaban J connectivity index is 1.71. The smallest absolute Gasteiger partial charge is 0.229 e. The highest BCUT2D eigenvalue weighted by molar-refractivity contribution is 7.92. The molecule has 3 aromatic rings. The van der Waals surface area contributed by atoms with Crippen molar-refractivity contribution in [2.75, 3.05) is 11.0 Å². The Labute approximate surface area is 165 Å². The fraction of sp³-hybridized carbons (Fsp3) is 0.286. The summed E-state index contributed by atoms with van der Waals surface area (Å²) in [4.78, 5) is 12.5. The van der Waals surface area contributed by atoms with Gasteiger partial charge in [0.1, 0.15) is 5.58 Å². The molecule has 0 radical (unpaired) electrons. The van der Waals surface area contributed by atoms with Crippen molar-refractivity contribution < 1.29 is 17.6 Å². The Kier molecular flexibility index (Phi) is 5.47. The van der Waals surface area contributed by atoms with Crippen LogP contribution in [-0.2, 0) is 21.2 Å². The third kappa shape index (κ3) is 4.72. The SMILES string of the molecule is Cc1cc2occ(CC(=O)NC(C)c3cccc(NS(C)(=O)=O)c3)c2cc1C. The molecule has 148 valence electrons. The predicted octanol–water partition coefficient (Wildman–Crippen LogP) is 3.84. The van der Waals surface area contributed by atoms with Crippen LogP contribution in [0, 0.1) is 13.8 Å². The molecule has 1 unspecified atom stereocenters. The molecule has 0 aliphatic heterocycles. The number of amides is 1. The average molecular weight is 401 g/mol. The first kappa shape index (κ1) is 19.9. The van der Waals surface area contributed by atoms with Gasteiger partial charge in [0.15, 0.2) is 0 Å². The summed E-state index contributed by atoms with van der Waals surface area (Å²) < 4.78 is 30.8. The van der Waals surface area contributed by atoms with Crippen LogP contribution in [0.5, 0.6) is 0 Å². The van der Waals surface area contributed by atoms with Crippen molar-refractivity contribution in [1.82, 2.24) is 5.32 Å². The first-order chi connectivity index (χ1) is 13.1. The highest BCUT2D eigenvalue weighted by atomic mass is 32.2. The third-order valence-corrected chi connectivity index (χ3v) is 5.29. The van der Waals surface area contributed by atoms with Crippen LogP contribution >= 0.6 is 0 Å². The van der Waals surface area contributed by atoms with E-state index in [2.05, 4.69) is 10.0 Å². The van der Waals surface area contributed by atoms with E-state index in [4.69, 9.17) is 4.42 Å². The minimum Gasteiger partial charge on any atom is -0.464 e. The van der Waals surface area contributed by atoms with E-state index in [0.29, 0.717) is 5.69 Å². The Morgan fingerprint density at radius 2 is 1.86 bits per heavy atom. The molecule has 7 heteroatoms. The second-order valence-corrected chi connectivity index (χ2v) is 8.91. The van der Waals surface area contributed by atoms with Crippen LogP contribution in [0.25, 0.3) is 11.0 Å². The highest BCUT2D eigenvalue weighted by Crippen LogP contribution is 2.25. The second kappa shape index (κ2) is 7.67. The lowest BCUT2D eigenvalue weighted by Gasteiger charge is -2.15. The van der Waals surface area contributed by atoms with Crippen molar-refractivity contribution >= 4 is 32.6 Å². The number of fused-ring (bicyclic) bond motifs is 1. The quantitative estimate of drug-likeness (QED) is 0.658. The lowest BCUT2D eigenvalue weighted by Crippen LogP contribution is -2.28. The molecule has 3 rings (SSSR count). The van der Waals surface area contributed by atoms with E-state index < -0.39 is 10.0 Å². The lowest BCUT2D eigenvalue weighted by atomic mass is 10.0. The van der Waals surface area contributed by atoms with Crippen LogP contribution in [0.3, 0.4) is 0 Å². The van der Waals surface area contributed by atoms with Crippen LogP contribution in [-0.4, -0.2) is 20.6 Å². The Morgan fingerprint density at radius 1 is 1.14 bits per heavy atom. The summed E-state index contributed by atoms with van der Waals surface area (Å²) in [5.74, 6) is -0.130. The average Bonchev–Trinajstić information content (AvgIpc) is 2.95. The van der Waals surface area contributed by atoms with Crippen LogP contribution in [0.4, 0.5) is 5.69 Å². The molecule has 6 nitrogen and oxygen atoms in total. The second-order valence-electron chi connectivity index (χ2n) is 7.16. The van der Waals surface area contributed by atoms with E-state index in [1.165, 1.54) is 0 Å². The molecule has 1 amide bonds. The molecule has 1 aromatic heterocycles. The molecule has 0 aliphatic rings. The van der Waals surface area contributed by atoms with Gasteiger partial charge in [0.25, 0.3) is 0 Å². The van der Waals surface area contributed by atoms with Crippen LogP contribution in [0.15, 0.2) is 47.1 Å². The molecule has 28 heavy (non-hydrogen) atoms. The minimum absolute atomic E-state index is 0.130. The van der Waals surface area contributed by atoms with Gasteiger partial charge in [0.2, 0.25) is 15.9 Å². The van der Waals surface area contributed by atoms with E-state index in [1.807, 2.05) is 39.0 Å². The van der Waals surface area contributed by atoms with Gasteiger partial charge in [-0.3, -0.25) is 9.52 Å². The number of hydrogen-bond acceptors (Lipinski definition) is 4. The zero-order chi connectivity index (χ0) is 20.5. The minimum atomic E-state index is -3.35. The number of carbonyl (C=O) groups is 1. The maximum absolute atomic E-state index is 12.5. The van der Waals surface area contributed by atoms with Gasteiger partial charge < -0.3 is 9.73 Å². The lowest BCUT2D eigenvalue weighted by molar-refractivity contribution is -0.121. The zero-order valence-corrected chi connectivity index (χ0v) is 17.2. The number of hydrogen-bond donors (Lipinski definition) is 2. The molecular weight excluding hydrogens is 376 g/mol. The maximum Gasteiger partial charge on any atom is 0.229 e. The van der Waals surface area contributed by atoms with Crippen LogP contribution in [0.2, 0.25) is 0 Å². The Hall–Kier alpha value is -2.80. The van der Waals surface area contributed by atoms with Gasteiger partial charge in [-0.05, 0) is 61.7 Å². The Morgan fingerprint density at radius 3 is 2.57 bits per heavy atom. The van der Waals surface area contributed by atoms with Crippen molar-refractivity contribution in [1.29, 1.82) is 0 Å². The number of sulfonamides is 1. The number of benzene rings is 2. The molecule has 2 aromatic carbocycles. The summed E-state index contributed by atoms with van der Waals surface area (Å²) in [6, 6.07) is 10.7. The monoisotopic (exact) mass is 400 g/mol. The first-order valence-electron chi connectivity index (χ1n) is 8.97. The standard InChI is InChI=1S/C21H24N2O4S/c1-13-8-19-17(12-27-20(19)9-14(13)2)11-21(24)22-15(3)16-6-5-7-18(10-16)23-28(4,25)26/h5-10,12,15,23H,11H2,1-4H3,(H,22,24). The van der Waals surface area contributed by atoms with Crippen molar-refractivity contribution in [2.24, 2.45) is 0 Å². The molecule has 0 spiro atoms. The number of anilines is 1. The van der Waals surface area contributed by atoms with Crippen molar-refractivity contribution in [3.05, 3.63) is 64.9 Å². The summed E-state index contributed by atoms with van der Waals surface area (Å²) in [7, 11) is -3.35. The van der Waals surface area contributed by atoms with E-state index in [-0.39, 0.29) is 18.4 Å². The summed E-state index contributed by atoms with van der Waals surface area (Å²) in [6.45, 7) is 5.92. The number of carbonyl (C=O) groups excluding carboxylic acids is 1.